The number of ether oxygens (including phenoxy) is 2. The van der Waals surface area contributed by atoms with Gasteiger partial charge in [0, 0.05) is 32.4 Å². The summed E-state index contributed by atoms with van der Waals surface area (Å²) in [6, 6.07) is 16.3. The number of rotatable bonds is 8. The molecule has 0 radical (unpaired) electrons. The topological polar surface area (TPSA) is 92.8 Å². The number of aromatic nitrogens is 1. The zero-order valence-electron chi connectivity index (χ0n) is 23.1. The highest BCUT2D eigenvalue weighted by molar-refractivity contribution is 6.32. The Bertz CT molecular complexity index is 1230. The van der Waals surface area contributed by atoms with E-state index in [9.17, 15) is 22.8 Å². The third-order valence-corrected chi connectivity index (χ3v) is 6.12. The first kappa shape index (κ1) is 33.7. The summed E-state index contributed by atoms with van der Waals surface area (Å²) in [5.74, 6) is 0.167. The molecule has 2 aromatic carbocycles. The van der Waals surface area contributed by atoms with Gasteiger partial charge >= 0.3 is 6.18 Å². The van der Waals surface area contributed by atoms with Gasteiger partial charge in [0.25, 0.3) is 0 Å². The Hall–Kier alpha value is -3.51. The third kappa shape index (κ3) is 11.5. The van der Waals surface area contributed by atoms with Gasteiger partial charge in [0.05, 0.1) is 29.3 Å². The molecule has 0 bridgehead atoms. The number of carbonyl (C=O) groups is 2. The molecule has 1 amide bonds. The molecule has 0 unspecified atom stereocenters. The van der Waals surface area contributed by atoms with Crippen LogP contribution in [0.25, 0.3) is 0 Å². The Balaban J connectivity index is 0.000000237. The van der Waals surface area contributed by atoms with Crippen LogP contribution in [0, 0.1) is 0 Å². The van der Waals surface area contributed by atoms with Crippen molar-refractivity contribution in [1.29, 1.82) is 0 Å². The molecule has 0 spiro atoms. The molecule has 1 atom stereocenters. The lowest BCUT2D eigenvalue weighted by atomic mass is 10.2. The van der Waals surface area contributed by atoms with E-state index in [4.69, 9.17) is 21.1 Å². The highest BCUT2D eigenvalue weighted by atomic mass is 35.5. The fourth-order valence-electron chi connectivity index (χ4n) is 3.67. The van der Waals surface area contributed by atoms with Gasteiger partial charge in [-0.3, -0.25) is 9.59 Å². The van der Waals surface area contributed by atoms with Gasteiger partial charge in [0.1, 0.15) is 5.75 Å². The van der Waals surface area contributed by atoms with Gasteiger partial charge in [0.2, 0.25) is 11.8 Å². The van der Waals surface area contributed by atoms with E-state index >= 15 is 0 Å². The number of carbonyl (C=O) groups excluding carboxylic acids is 2. The van der Waals surface area contributed by atoms with E-state index in [2.05, 4.69) is 15.6 Å². The summed E-state index contributed by atoms with van der Waals surface area (Å²) in [6.07, 6.45) is -1.49. The zero-order valence-corrected chi connectivity index (χ0v) is 23.8. The highest BCUT2D eigenvalue weighted by Crippen LogP contribution is 2.36. The van der Waals surface area contributed by atoms with E-state index in [1.807, 2.05) is 42.3 Å². The fourth-order valence-corrected chi connectivity index (χ4v) is 3.89. The number of benzene rings is 2. The molecule has 3 aromatic rings. The molecule has 0 saturated carbocycles. The van der Waals surface area contributed by atoms with Crippen LogP contribution in [0.15, 0.2) is 66.9 Å². The van der Waals surface area contributed by atoms with Crippen LogP contribution in [0.5, 0.6) is 11.6 Å². The minimum atomic E-state index is -4.48. The molecule has 1 aromatic heterocycles. The Morgan fingerprint density at radius 2 is 1.88 bits per heavy atom. The standard InChI is InChI=1S/C13H7ClF3NO2.C8H17N3O.C8H10O/c14-10-6-9(13(15,16)17)3-4-11(10)20-12-8(7-19)2-1-5-18-12;1-9-5-8(12)11-4-3-7(6-11)10-2;1-9-7-8-5-3-2-4-6-8/h1-7H;7,9-10H,3-6H2,1-2H3;2-6H,7H2,1H3/t;7-;/m.0./s1. The lowest BCUT2D eigenvalue weighted by Gasteiger charge is -2.15. The molecule has 1 saturated heterocycles. The molecule has 1 fully saturated rings. The second-order valence-electron chi connectivity index (χ2n) is 8.82. The van der Waals surface area contributed by atoms with Crippen LogP contribution < -0.4 is 15.4 Å². The Kier molecular flexibility index (Phi) is 14.2. The number of methoxy groups -OCH3 is 1. The molecular formula is C29H34ClF3N4O4. The number of likely N-dealkylation sites (N-methyl/N-ethyl adjacent to an activating group) is 2. The average Bonchev–Trinajstić information content (AvgIpc) is 3.45. The Labute approximate surface area is 242 Å². The number of hydrogen-bond acceptors (Lipinski definition) is 7. The molecule has 12 heteroatoms. The van der Waals surface area contributed by atoms with Crippen molar-refractivity contribution in [3.63, 3.8) is 0 Å². The van der Waals surface area contributed by atoms with E-state index < -0.39 is 11.7 Å². The monoisotopic (exact) mass is 594 g/mol. The van der Waals surface area contributed by atoms with Crippen LogP contribution in [0.4, 0.5) is 13.2 Å². The minimum absolute atomic E-state index is 0.0125. The van der Waals surface area contributed by atoms with Crippen LogP contribution in [0.3, 0.4) is 0 Å². The molecule has 1 aliphatic rings. The van der Waals surface area contributed by atoms with Crippen LogP contribution in [0.2, 0.25) is 5.02 Å². The molecule has 41 heavy (non-hydrogen) atoms. The van der Waals surface area contributed by atoms with Gasteiger partial charge in [-0.05, 0) is 56.4 Å². The summed E-state index contributed by atoms with van der Waals surface area (Å²) in [6.45, 7) is 2.92. The number of nitrogens with zero attached hydrogens (tertiary/aromatic N) is 2. The SMILES string of the molecule is CNCC(=O)N1CC[C@H](NC)C1.COCc1ccccc1.O=Cc1cccnc1Oc1ccc(C(F)(F)F)cc1Cl. The van der Waals surface area contributed by atoms with Gasteiger partial charge in [-0.2, -0.15) is 13.2 Å². The zero-order chi connectivity index (χ0) is 30.3. The quantitative estimate of drug-likeness (QED) is 0.346. The van der Waals surface area contributed by atoms with E-state index in [0.29, 0.717) is 25.5 Å². The van der Waals surface area contributed by atoms with Gasteiger partial charge in [0.15, 0.2) is 6.29 Å². The van der Waals surface area contributed by atoms with E-state index in [1.54, 1.807) is 14.2 Å². The number of halogens is 4. The first-order valence-corrected chi connectivity index (χ1v) is 13.1. The first-order chi connectivity index (χ1) is 19.6. The number of likely N-dealkylation sites (tertiary alicyclic amines) is 1. The molecule has 8 nitrogen and oxygen atoms in total. The predicted molar refractivity (Wildman–Crippen MR) is 151 cm³/mol. The van der Waals surface area contributed by atoms with Crippen molar-refractivity contribution in [3.8, 4) is 11.6 Å². The predicted octanol–water partition coefficient (Wildman–Crippen LogP) is 5.22. The largest absolute Gasteiger partial charge is 0.437 e. The number of amides is 1. The lowest BCUT2D eigenvalue weighted by Crippen LogP contribution is -2.37. The minimum Gasteiger partial charge on any atom is -0.437 e. The molecule has 1 aliphatic heterocycles. The number of hydrogen-bond donors (Lipinski definition) is 2. The summed E-state index contributed by atoms with van der Waals surface area (Å²) < 4.78 is 47.6. The summed E-state index contributed by atoms with van der Waals surface area (Å²) in [4.78, 5) is 27.9. The van der Waals surface area contributed by atoms with Crippen molar-refractivity contribution < 1.29 is 32.2 Å². The second-order valence-corrected chi connectivity index (χ2v) is 9.23. The van der Waals surface area contributed by atoms with Crippen LogP contribution in [-0.4, -0.2) is 69.0 Å². The maximum atomic E-state index is 12.5. The highest BCUT2D eigenvalue weighted by Gasteiger charge is 2.31. The summed E-state index contributed by atoms with van der Waals surface area (Å²) in [7, 11) is 5.44. The molecular weight excluding hydrogens is 561 g/mol. The molecule has 2 heterocycles. The van der Waals surface area contributed by atoms with Gasteiger partial charge in [-0.15, -0.1) is 0 Å². The number of pyridine rings is 1. The number of aldehydes is 1. The Morgan fingerprint density at radius 1 is 1.15 bits per heavy atom. The van der Waals surface area contributed by atoms with Crippen molar-refractivity contribution in [1.82, 2.24) is 20.5 Å². The maximum absolute atomic E-state index is 12.5. The lowest BCUT2D eigenvalue weighted by molar-refractivity contribution is -0.137. The maximum Gasteiger partial charge on any atom is 0.416 e. The van der Waals surface area contributed by atoms with Crippen molar-refractivity contribution in [2.24, 2.45) is 0 Å². The molecule has 0 aliphatic carbocycles. The van der Waals surface area contributed by atoms with Crippen molar-refractivity contribution in [3.05, 3.63) is 88.6 Å². The first-order valence-electron chi connectivity index (χ1n) is 12.7. The normalized spacial score (nSPS) is 14.3. The van der Waals surface area contributed by atoms with Crippen molar-refractivity contribution in [2.75, 3.05) is 40.8 Å². The van der Waals surface area contributed by atoms with Crippen LogP contribution in [0.1, 0.15) is 27.9 Å². The molecule has 4 rings (SSSR count). The van der Waals surface area contributed by atoms with Crippen molar-refractivity contribution >= 4 is 23.8 Å². The molecule has 222 valence electrons. The van der Waals surface area contributed by atoms with E-state index in [0.717, 1.165) is 37.7 Å². The summed E-state index contributed by atoms with van der Waals surface area (Å²) >= 11 is 5.74. The van der Waals surface area contributed by atoms with Gasteiger partial charge in [-0.1, -0.05) is 41.9 Å². The third-order valence-electron chi connectivity index (χ3n) is 5.82. The average molecular weight is 595 g/mol. The number of nitrogens with one attached hydrogen (secondary N) is 2. The van der Waals surface area contributed by atoms with Gasteiger partial charge < -0.3 is 25.0 Å². The smallest absolute Gasteiger partial charge is 0.416 e. The van der Waals surface area contributed by atoms with Crippen LogP contribution in [-0.2, 0) is 22.3 Å². The fraction of sp³-hybridized carbons (Fsp3) is 0.345. The molecule has 2 N–H and O–H groups in total. The number of alkyl halides is 3. The van der Waals surface area contributed by atoms with Crippen LogP contribution >= 0.6 is 11.6 Å². The Morgan fingerprint density at radius 3 is 2.44 bits per heavy atom. The second kappa shape index (κ2) is 17.3. The summed E-state index contributed by atoms with van der Waals surface area (Å²) in [5.41, 5.74) is 0.509. The van der Waals surface area contributed by atoms with Gasteiger partial charge in [-0.25, -0.2) is 4.98 Å². The van der Waals surface area contributed by atoms with E-state index in [1.165, 1.54) is 23.9 Å². The van der Waals surface area contributed by atoms with E-state index in [-0.39, 0.29) is 28.1 Å². The van der Waals surface area contributed by atoms with Crippen molar-refractivity contribution in [2.45, 2.75) is 25.2 Å². The summed E-state index contributed by atoms with van der Waals surface area (Å²) in [5, 5.41) is 5.82.